The van der Waals surface area contributed by atoms with E-state index in [1.807, 2.05) is 6.07 Å². The number of hydrogen-bond donors (Lipinski definition) is 0. The molecule has 0 saturated carbocycles. The van der Waals surface area contributed by atoms with Gasteiger partial charge in [0, 0.05) is 18.7 Å². The minimum absolute atomic E-state index is 0.117. The number of hydrogen-bond acceptors (Lipinski definition) is 2. The Balaban J connectivity index is 2.99. The van der Waals surface area contributed by atoms with Crippen LogP contribution in [-0.4, -0.2) is 23.9 Å². The first-order valence-electron chi connectivity index (χ1n) is 5.32. The molecule has 0 bridgehead atoms. The van der Waals surface area contributed by atoms with Gasteiger partial charge in [-0.2, -0.15) is 5.26 Å². The fourth-order valence-corrected chi connectivity index (χ4v) is 1.45. The summed E-state index contributed by atoms with van der Waals surface area (Å²) in [6.07, 6.45) is 0.117. The summed E-state index contributed by atoms with van der Waals surface area (Å²) in [4.78, 5) is 13.1. The molecular formula is C12H11F3N2O. The normalized spacial score (nSPS) is 9.94. The van der Waals surface area contributed by atoms with Crippen LogP contribution in [0.5, 0.6) is 0 Å². The maximum absolute atomic E-state index is 13.0. The molecule has 0 aliphatic heterocycles. The minimum Gasteiger partial charge on any atom is -0.338 e. The van der Waals surface area contributed by atoms with Crippen LogP contribution in [-0.2, 0) is 0 Å². The van der Waals surface area contributed by atoms with Gasteiger partial charge in [-0.1, -0.05) is 0 Å². The third-order valence-corrected chi connectivity index (χ3v) is 2.39. The predicted molar refractivity (Wildman–Crippen MR) is 58.1 cm³/mol. The lowest BCUT2D eigenvalue weighted by molar-refractivity contribution is 0.0766. The zero-order valence-corrected chi connectivity index (χ0v) is 9.71. The van der Waals surface area contributed by atoms with Gasteiger partial charge in [0.15, 0.2) is 17.5 Å². The molecule has 0 unspecified atom stereocenters. The largest absolute Gasteiger partial charge is 0.338 e. The number of carbonyl (C=O) groups excluding carboxylic acids is 1. The van der Waals surface area contributed by atoms with Crippen molar-refractivity contribution in [3.63, 3.8) is 0 Å². The van der Waals surface area contributed by atoms with E-state index in [2.05, 4.69) is 0 Å². The van der Waals surface area contributed by atoms with Crippen LogP contribution >= 0.6 is 0 Å². The number of nitrogens with zero attached hydrogens (tertiary/aromatic N) is 2. The lowest BCUT2D eigenvalue weighted by atomic mass is 10.1. The molecule has 3 nitrogen and oxygen atoms in total. The summed E-state index contributed by atoms with van der Waals surface area (Å²) in [5.41, 5.74) is -0.272. The van der Waals surface area contributed by atoms with Crippen molar-refractivity contribution in [1.82, 2.24) is 4.90 Å². The Labute approximate surface area is 102 Å². The second-order valence-corrected chi connectivity index (χ2v) is 3.55. The number of halogens is 3. The molecule has 0 aliphatic carbocycles. The van der Waals surface area contributed by atoms with Crippen LogP contribution in [0, 0.1) is 28.8 Å². The average molecular weight is 256 g/mol. The topological polar surface area (TPSA) is 44.1 Å². The lowest BCUT2D eigenvalue weighted by Gasteiger charge is -2.19. The van der Waals surface area contributed by atoms with Crippen molar-refractivity contribution < 1.29 is 18.0 Å². The van der Waals surface area contributed by atoms with Gasteiger partial charge in [-0.3, -0.25) is 4.79 Å². The van der Waals surface area contributed by atoms with Gasteiger partial charge in [-0.15, -0.1) is 0 Å². The molecule has 18 heavy (non-hydrogen) atoms. The van der Waals surface area contributed by atoms with Crippen LogP contribution in [0.3, 0.4) is 0 Å². The van der Waals surface area contributed by atoms with E-state index in [0.29, 0.717) is 18.7 Å². The predicted octanol–water partition coefficient (Wildman–Crippen LogP) is 2.48. The summed E-state index contributed by atoms with van der Waals surface area (Å²) in [6, 6.07) is 3.17. The van der Waals surface area contributed by atoms with Crippen LogP contribution in [0.25, 0.3) is 0 Å². The molecule has 0 fully saturated rings. The van der Waals surface area contributed by atoms with E-state index < -0.39 is 23.4 Å². The van der Waals surface area contributed by atoms with Crippen LogP contribution in [0.2, 0.25) is 0 Å². The Morgan fingerprint density at radius 3 is 2.33 bits per heavy atom. The van der Waals surface area contributed by atoms with Crippen LogP contribution in [0.1, 0.15) is 23.7 Å². The second kappa shape index (κ2) is 6.05. The third kappa shape index (κ3) is 3.00. The summed E-state index contributed by atoms with van der Waals surface area (Å²) >= 11 is 0. The van der Waals surface area contributed by atoms with Crippen LogP contribution in [0.15, 0.2) is 12.1 Å². The van der Waals surface area contributed by atoms with Gasteiger partial charge >= 0.3 is 0 Å². The first-order valence-corrected chi connectivity index (χ1v) is 5.32. The Morgan fingerprint density at radius 1 is 1.33 bits per heavy atom. The Morgan fingerprint density at radius 2 is 1.89 bits per heavy atom. The van der Waals surface area contributed by atoms with Crippen molar-refractivity contribution in [2.45, 2.75) is 13.3 Å². The summed E-state index contributed by atoms with van der Waals surface area (Å²) < 4.78 is 38.7. The van der Waals surface area contributed by atoms with Crippen molar-refractivity contribution in [2.24, 2.45) is 0 Å². The molecular weight excluding hydrogens is 245 g/mol. The number of benzene rings is 1. The first kappa shape index (κ1) is 14.0. The Hall–Kier alpha value is -2.03. The molecule has 1 rings (SSSR count). The fourth-order valence-electron chi connectivity index (χ4n) is 1.45. The van der Waals surface area contributed by atoms with Gasteiger partial charge in [-0.25, -0.2) is 13.2 Å². The van der Waals surface area contributed by atoms with Gasteiger partial charge in [0.1, 0.15) is 0 Å². The smallest absolute Gasteiger partial charge is 0.254 e. The molecule has 0 saturated heterocycles. The highest BCUT2D eigenvalue weighted by Crippen LogP contribution is 2.15. The molecule has 6 heteroatoms. The highest BCUT2D eigenvalue weighted by atomic mass is 19.2. The van der Waals surface area contributed by atoms with Gasteiger partial charge < -0.3 is 4.90 Å². The van der Waals surface area contributed by atoms with Crippen molar-refractivity contribution in [1.29, 1.82) is 5.26 Å². The molecule has 96 valence electrons. The van der Waals surface area contributed by atoms with Crippen LogP contribution in [0.4, 0.5) is 13.2 Å². The van der Waals surface area contributed by atoms with E-state index in [1.165, 1.54) is 4.90 Å². The monoisotopic (exact) mass is 256 g/mol. The summed E-state index contributed by atoms with van der Waals surface area (Å²) in [7, 11) is 0. The van der Waals surface area contributed by atoms with E-state index in [4.69, 9.17) is 5.26 Å². The lowest BCUT2D eigenvalue weighted by Crippen LogP contribution is -2.31. The summed E-state index contributed by atoms with van der Waals surface area (Å²) in [6.45, 7) is 2.12. The number of rotatable bonds is 4. The maximum atomic E-state index is 13.0. The molecule has 0 heterocycles. The zero-order chi connectivity index (χ0) is 13.7. The van der Waals surface area contributed by atoms with Gasteiger partial charge in [-0.05, 0) is 19.1 Å². The Kier molecular flexibility index (Phi) is 4.72. The average Bonchev–Trinajstić information content (AvgIpc) is 2.36. The maximum Gasteiger partial charge on any atom is 0.254 e. The van der Waals surface area contributed by atoms with Crippen molar-refractivity contribution >= 4 is 5.91 Å². The van der Waals surface area contributed by atoms with Gasteiger partial charge in [0.25, 0.3) is 5.91 Å². The van der Waals surface area contributed by atoms with E-state index in [0.717, 1.165) is 0 Å². The summed E-state index contributed by atoms with van der Waals surface area (Å²) in [5.74, 6) is -5.05. The highest BCUT2D eigenvalue weighted by molar-refractivity contribution is 5.94. The van der Waals surface area contributed by atoms with E-state index >= 15 is 0 Å². The molecule has 0 aliphatic rings. The highest BCUT2D eigenvalue weighted by Gasteiger charge is 2.18. The SMILES string of the molecule is CCN(CCC#N)C(=O)c1cc(F)c(F)c(F)c1. The zero-order valence-electron chi connectivity index (χ0n) is 9.71. The number of amides is 1. The summed E-state index contributed by atoms with van der Waals surface area (Å²) in [5, 5.41) is 8.43. The number of nitriles is 1. The van der Waals surface area contributed by atoms with Crippen molar-refractivity contribution in [3.05, 3.63) is 35.1 Å². The molecule has 1 amide bonds. The molecule has 0 spiro atoms. The van der Waals surface area contributed by atoms with Crippen molar-refractivity contribution in [2.75, 3.05) is 13.1 Å². The third-order valence-electron chi connectivity index (χ3n) is 2.39. The molecule has 0 radical (unpaired) electrons. The van der Waals surface area contributed by atoms with Crippen LogP contribution < -0.4 is 0 Å². The van der Waals surface area contributed by atoms with E-state index in [1.54, 1.807) is 6.92 Å². The number of carbonyl (C=O) groups is 1. The molecule has 1 aromatic rings. The van der Waals surface area contributed by atoms with E-state index in [-0.39, 0.29) is 18.5 Å². The van der Waals surface area contributed by atoms with Crippen molar-refractivity contribution in [3.8, 4) is 6.07 Å². The molecule has 0 aromatic heterocycles. The molecule has 0 atom stereocenters. The standard InChI is InChI=1S/C12H11F3N2O/c1-2-17(5-3-4-16)12(18)8-6-9(13)11(15)10(14)7-8/h6-7H,2-3,5H2,1H3. The van der Waals surface area contributed by atoms with Gasteiger partial charge in [0.2, 0.25) is 0 Å². The first-order chi connectivity index (χ1) is 8.51. The fraction of sp³-hybridized carbons (Fsp3) is 0.333. The van der Waals surface area contributed by atoms with Gasteiger partial charge in [0.05, 0.1) is 12.5 Å². The second-order valence-electron chi connectivity index (χ2n) is 3.55. The quantitative estimate of drug-likeness (QED) is 0.777. The molecule has 1 aromatic carbocycles. The minimum atomic E-state index is -1.60. The molecule has 0 N–H and O–H groups in total. The Bertz CT molecular complexity index is 474. The van der Waals surface area contributed by atoms with E-state index in [9.17, 15) is 18.0 Å².